The fourth-order valence-corrected chi connectivity index (χ4v) is 2.46. The number of hydrogen-bond donors (Lipinski definition) is 2. The third-order valence-electron chi connectivity index (χ3n) is 3.14. The van der Waals surface area contributed by atoms with Crippen LogP contribution in [0.4, 0.5) is 4.39 Å². The van der Waals surface area contributed by atoms with E-state index in [0.29, 0.717) is 5.56 Å². The van der Waals surface area contributed by atoms with Crippen LogP contribution in [0.25, 0.3) is 0 Å². The van der Waals surface area contributed by atoms with Crippen LogP contribution in [0.2, 0.25) is 5.02 Å². The molecule has 1 fully saturated rings. The maximum Gasteiger partial charge on any atom is 0.139 e. The molecule has 0 amide bonds. The SMILES string of the molecule is C=C[C@@H](c1cc(F)cc(Cl)c1O)N1CCNCC1.Cl.Cl. The number of halogens is 4. The van der Waals surface area contributed by atoms with E-state index in [-0.39, 0.29) is 41.6 Å². The molecule has 1 aromatic carbocycles. The van der Waals surface area contributed by atoms with Crippen molar-refractivity contribution >= 4 is 36.4 Å². The number of rotatable bonds is 3. The second-order valence-corrected chi connectivity index (χ2v) is 4.70. The Hall–Kier alpha value is -0.520. The molecule has 2 rings (SSSR count). The third kappa shape index (κ3) is 4.24. The van der Waals surface area contributed by atoms with Crippen LogP contribution in [-0.2, 0) is 0 Å². The van der Waals surface area contributed by atoms with Crippen molar-refractivity contribution in [1.29, 1.82) is 0 Å². The second kappa shape index (κ2) is 8.70. The zero-order valence-corrected chi connectivity index (χ0v) is 13.2. The Kier molecular flexibility index (Phi) is 8.47. The zero-order chi connectivity index (χ0) is 13.1. The number of nitrogens with one attached hydrogen (secondary N) is 1. The van der Waals surface area contributed by atoms with Crippen molar-refractivity contribution in [2.24, 2.45) is 0 Å². The van der Waals surface area contributed by atoms with Crippen molar-refractivity contribution in [1.82, 2.24) is 10.2 Å². The monoisotopic (exact) mass is 342 g/mol. The van der Waals surface area contributed by atoms with Gasteiger partial charge in [0.1, 0.15) is 11.6 Å². The van der Waals surface area contributed by atoms with Gasteiger partial charge in [0, 0.05) is 31.7 Å². The first-order valence-corrected chi connectivity index (χ1v) is 6.26. The molecule has 1 aliphatic heterocycles. The average molecular weight is 344 g/mol. The van der Waals surface area contributed by atoms with Gasteiger partial charge >= 0.3 is 0 Å². The lowest BCUT2D eigenvalue weighted by molar-refractivity contribution is 0.200. The van der Waals surface area contributed by atoms with Crippen molar-refractivity contribution in [2.45, 2.75) is 6.04 Å². The molecule has 1 aliphatic rings. The van der Waals surface area contributed by atoms with Crippen molar-refractivity contribution < 1.29 is 9.50 Å². The van der Waals surface area contributed by atoms with Gasteiger partial charge in [0.25, 0.3) is 0 Å². The first kappa shape index (κ1) is 19.5. The minimum absolute atomic E-state index is 0. The quantitative estimate of drug-likeness (QED) is 0.828. The first-order chi connectivity index (χ1) is 8.63. The van der Waals surface area contributed by atoms with E-state index >= 15 is 0 Å². The number of phenols is 1. The minimum Gasteiger partial charge on any atom is -0.506 e. The van der Waals surface area contributed by atoms with E-state index in [1.54, 1.807) is 6.08 Å². The molecule has 20 heavy (non-hydrogen) atoms. The molecule has 7 heteroatoms. The molecule has 0 aliphatic carbocycles. The molecular formula is C13H18Cl3FN2O. The van der Waals surface area contributed by atoms with Crippen LogP contribution >= 0.6 is 36.4 Å². The van der Waals surface area contributed by atoms with Gasteiger partial charge in [0.15, 0.2) is 0 Å². The molecule has 1 aromatic rings. The summed E-state index contributed by atoms with van der Waals surface area (Å²) in [7, 11) is 0. The number of nitrogens with zero attached hydrogens (tertiary/aromatic N) is 1. The number of piperazine rings is 1. The highest BCUT2D eigenvalue weighted by Gasteiger charge is 2.23. The summed E-state index contributed by atoms with van der Waals surface area (Å²) in [5.41, 5.74) is 0.469. The maximum atomic E-state index is 13.4. The van der Waals surface area contributed by atoms with Gasteiger partial charge in [-0.05, 0) is 12.1 Å². The predicted molar refractivity (Wildman–Crippen MR) is 85.0 cm³/mol. The van der Waals surface area contributed by atoms with Crippen molar-refractivity contribution in [3.8, 4) is 5.75 Å². The predicted octanol–water partition coefficient (Wildman–Crippen LogP) is 3.16. The summed E-state index contributed by atoms with van der Waals surface area (Å²) in [6, 6.07) is 2.20. The van der Waals surface area contributed by atoms with Gasteiger partial charge in [-0.25, -0.2) is 4.39 Å². The molecule has 3 nitrogen and oxygen atoms in total. The molecule has 0 spiro atoms. The van der Waals surface area contributed by atoms with E-state index in [9.17, 15) is 9.50 Å². The summed E-state index contributed by atoms with van der Waals surface area (Å²) in [5, 5.41) is 13.2. The minimum atomic E-state index is -0.449. The first-order valence-electron chi connectivity index (χ1n) is 5.88. The Bertz CT molecular complexity index is 453. The topological polar surface area (TPSA) is 35.5 Å². The molecule has 114 valence electrons. The lowest BCUT2D eigenvalue weighted by atomic mass is 10.0. The van der Waals surface area contributed by atoms with Gasteiger partial charge in [-0.2, -0.15) is 0 Å². The number of phenolic OH excluding ortho intramolecular Hbond substituents is 1. The highest BCUT2D eigenvalue weighted by Crippen LogP contribution is 2.35. The number of hydrogen-bond acceptors (Lipinski definition) is 3. The van der Waals surface area contributed by atoms with Crippen molar-refractivity contribution in [3.63, 3.8) is 0 Å². The van der Waals surface area contributed by atoms with Gasteiger partial charge in [0.2, 0.25) is 0 Å². The van der Waals surface area contributed by atoms with Crippen molar-refractivity contribution in [2.75, 3.05) is 26.2 Å². The molecule has 0 saturated carbocycles. The third-order valence-corrected chi connectivity index (χ3v) is 3.43. The van der Waals surface area contributed by atoms with Crippen LogP contribution in [0.1, 0.15) is 11.6 Å². The molecule has 0 aromatic heterocycles. The Morgan fingerprint density at radius 2 is 1.95 bits per heavy atom. The lowest BCUT2D eigenvalue weighted by Gasteiger charge is -2.33. The van der Waals surface area contributed by atoms with E-state index in [0.717, 1.165) is 32.2 Å². The second-order valence-electron chi connectivity index (χ2n) is 4.29. The molecule has 0 radical (unpaired) electrons. The molecule has 1 atom stereocenters. The van der Waals surface area contributed by atoms with Gasteiger partial charge in [-0.15, -0.1) is 31.4 Å². The zero-order valence-electron chi connectivity index (χ0n) is 10.8. The largest absolute Gasteiger partial charge is 0.506 e. The molecule has 1 saturated heterocycles. The Morgan fingerprint density at radius 1 is 1.35 bits per heavy atom. The normalized spacial score (nSPS) is 16.7. The summed E-state index contributed by atoms with van der Waals surface area (Å²) in [6.45, 7) is 7.16. The summed E-state index contributed by atoms with van der Waals surface area (Å²) < 4.78 is 13.4. The molecule has 1 heterocycles. The maximum absolute atomic E-state index is 13.4. The van der Waals surface area contributed by atoms with E-state index in [1.807, 2.05) is 0 Å². The van der Waals surface area contributed by atoms with E-state index in [4.69, 9.17) is 11.6 Å². The van der Waals surface area contributed by atoms with Crippen LogP contribution < -0.4 is 5.32 Å². The van der Waals surface area contributed by atoms with E-state index in [2.05, 4.69) is 16.8 Å². The Labute approximate surface area is 135 Å². The van der Waals surface area contributed by atoms with Gasteiger partial charge in [0.05, 0.1) is 11.1 Å². The lowest BCUT2D eigenvalue weighted by Crippen LogP contribution is -2.44. The van der Waals surface area contributed by atoms with Gasteiger partial charge in [-0.1, -0.05) is 17.7 Å². The molecule has 2 N–H and O–H groups in total. The Balaban J connectivity index is 0.00000180. The van der Waals surface area contributed by atoms with Crippen LogP contribution in [0.3, 0.4) is 0 Å². The summed E-state index contributed by atoms with van der Waals surface area (Å²) in [4.78, 5) is 2.13. The Morgan fingerprint density at radius 3 is 2.50 bits per heavy atom. The highest BCUT2D eigenvalue weighted by atomic mass is 35.5. The molecule has 0 unspecified atom stereocenters. The average Bonchev–Trinajstić information content (AvgIpc) is 2.37. The molecular weight excluding hydrogens is 326 g/mol. The van der Waals surface area contributed by atoms with Crippen LogP contribution in [0, 0.1) is 5.82 Å². The summed E-state index contributed by atoms with van der Waals surface area (Å²) in [6.07, 6.45) is 1.70. The molecule has 0 bridgehead atoms. The smallest absolute Gasteiger partial charge is 0.139 e. The van der Waals surface area contributed by atoms with Crippen molar-refractivity contribution in [3.05, 3.63) is 41.2 Å². The standard InChI is InChI=1S/C13H16ClFN2O.2ClH/c1-2-12(17-5-3-16-4-6-17)10-7-9(15)8-11(14)13(10)18;;/h2,7-8,12,16,18H,1,3-6H2;2*1H/t12-;;/m0../s1. The number of aromatic hydroxyl groups is 1. The van der Waals surface area contributed by atoms with E-state index in [1.165, 1.54) is 6.07 Å². The van der Waals surface area contributed by atoms with Crippen LogP contribution in [0.5, 0.6) is 5.75 Å². The summed E-state index contributed by atoms with van der Waals surface area (Å²) >= 11 is 5.80. The van der Waals surface area contributed by atoms with Gasteiger partial charge < -0.3 is 10.4 Å². The highest BCUT2D eigenvalue weighted by molar-refractivity contribution is 6.32. The fourth-order valence-electron chi connectivity index (χ4n) is 2.24. The number of benzene rings is 1. The summed E-state index contributed by atoms with van der Waals surface area (Å²) in [5.74, 6) is -0.517. The van der Waals surface area contributed by atoms with E-state index < -0.39 is 5.82 Å². The van der Waals surface area contributed by atoms with Crippen LogP contribution in [0.15, 0.2) is 24.8 Å². The fraction of sp³-hybridized carbons (Fsp3) is 0.385. The van der Waals surface area contributed by atoms with Gasteiger partial charge in [-0.3, -0.25) is 4.90 Å². The van der Waals surface area contributed by atoms with Crippen LogP contribution in [-0.4, -0.2) is 36.2 Å².